The van der Waals surface area contributed by atoms with Crippen LogP contribution in [0.3, 0.4) is 0 Å². The van der Waals surface area contributed by atoms with Crippen molar-refractivity contribution < 1.29 is 22.7 Å². The lowest BCUT2D eigenvalue weighted by molar-refractivity contribution is -0.176. The van der Waals surface area contributed by atoms with Crippen molar-refractivity contribution in [2.75, 3.05) is 13.2 Å². The number of carbonyl (C=O) groups is 1. The Kier molecular flexibility index (Phi) is 11.3. The van der Waals surface area contributed by atoms with E-state index in [0.29, 0.717) is 36.7 Å². The van der Waals surface area contributed by atoms with Crippen LogP contribution in [-0.2, 0) is 24.4 Å². The van der Waals surface area contributed by atoms with Crippen LogP contribution >= 0.6 is 24.0 Å². The molecule has 1 amide bonds. The lowest BCUT2D eigenvalue weighted by Crippen LogP contribution is -2.36. The molecule has 0 aliphatic rings. The quantitative estimate of drug-likeness (QED) is 0.252. The third-order valence-corrected chi connectivity index (χ3v) is 3.99. The van der Waals surface area contributed by atoms with E-state index in [2.05, 4.69) is 20.4 Å². The number of hydrogen-bond donors (Lipinski definition) is 3. The van der Waals surface area contributed by atoms with Gasteiger partial charge in [-0.05, 0) is 35.7 Å². The summed E-state index contributed by atoms with van der Waals surface area (Å²) in [6, 6.07) is 14.1. The number of nitrogens with two attached hydrogens (primary N) is 1. The Bertz CT molecular complexity index is 858. The van der Waals surface area contributed by atoms with Gasteiger partial charge >= 0.3 is 6.18 Å². The van der Waals surface area contributed by atoms with E-state index < -0.39 is 18.7 Å². The molecule has 0 bridgehead atoms. The monoisotopic (exact) mass is 550 g/mol. The molecule has 0 saturated heterocycles. The first-order valence-corrected chi connectivity index (χ1v) is 9.40. The largest absolute Gasteiger partial charge is 0.411 e. The standard InChI is InChI=1S/C21H25F3N4O2.HI/c1-2-26-20(28-12-17-4-3-5-18(10-17)19(25)29)27-11-15-6-8-16(9-7-15)13-30-14-21(22,23)24;/h3-10H,2,11-14H2,1H3,(H2,25,29)(H2,26,27,28);1H. The van der Waals surface area contributed by atoms with Gasteiger partial charge in [-0.3, -0.25) is 4.79 Å². The van der Waals surface area contributed by atoms with E-state index in [1.165, 1.54) is 0 Å². The Morgan fingerprint density at radius 1 is 1.06 bits per heavy atom. The minimum atomic E-state index is -4.33. The number of alkyl halides is 3. The first kappa shape index (κ1) is 26.7. The van der Waals surface area contributed by atoms with Crippen molar-refractivity contribution in [3.63, 3.8) is 0 Å². The predicted molar refractivity (Wildman–Crippen MR) is 124 cm³/mol. The van der Waals surface area contributed by atoms with Crippen LogP contribution in [0.5, 0.6) is 0 Å². The molecule has 2 aromatic rings. The molecule has 170 valence electrons. The first-order chi connectivity index (χ1) is 14.3. The van der Waals surface area contributed by atoms with Gasteiger partial charge < -0.3 is 21.1 Å². The van der Waals surface area contributed by atoms with Gasteiger partial charge in [-0.2, -0.15) is 13.2 Å². The maximum atomic E-state index is 12.1. The fourth-order valence-corrected chi connectivity index (χ4v) is 2.56. The van der Waals surface area contributed by atoms with E-state index in [9.17, 15) is 18.0 Å². The fraction of sp³-hybridized carbons (Fsp3) is 0.333. The van der Waals surface area contributed by atoms with Gasteiger partial charge in [0.1, 0.15) is 6.61 Å². The maximum Gasteiger partial charge on any atom is 0.411 e. The zero-order valence-corrected chi connectivity index (χ0v) is 19.4. The molecule has 0 aromatic heterocycles. The predicted octanol–water partition coefficient (Wildman–Crippen LogP) is 3.74. The molecule has 2 aromatic carbocycles. The molecule has 0 heterocycles. The van der Waals surface area contributed by atoms with Gasteiger partial charge in [0.15, 0.2) is 5.96 Å². The number of nitrogens with one attached hydrogen (secondary N) is 2. The SMILES string of the molecule is CCNC(=NCc1cccc(C(N)=O)c1)NCc1ccc(COCC(F)(F)F)cc1.I. The molecule has 0 fully saturated rings. The highest BCUT2D eigenvalue weighted by atomic mass is 127. The van der Waals surface area contributed by atoms with Crippen LogP contribution in [0.1, 0.15) is 34.0 Å². The third kappa shape index (κ3) is 10.5. The second kappa shape index (κ2) is 13.2. The smallest absolute Gasteiger partial charge is 0.367 e. The number of ether oxygens (including phenoxy) is 1. The zero-order valence-electron chi connectivity index (χ0n) is 17.0. The Morgan fingerprint density at radius 2 is 1.74 bits per heavy atom. The van der Waals surface area contributed by atoms with Gasteiger partial charge in [-0.1, -0.05) is 36.4 Å². The van der Waals surface area contributed by atoms with Crippen molar-refractivity contribution in [1.82, 2.24) is 10.6 Å². The number of rotatable bonds is 9. The molecular formula is C21H26F3IN4O2. The highest BCUT2D eigenvalue weighted by Crippen LogP contribution is 2.16. The molecule has 0 aliphatic heterocycles. The number of guanidine groups is 1. The Balaban J connectivity index is 0.00000480. The van der Waals surface area contributed by atoms with E-state index in [4.69, 9.17) is 5.73 Å². The molecule has 10 heteroatoms. The highest BCUT2D eigenvalue weighted by Gasteiger charge is 2.27. The summed E-state index contributed by atoms with van der Waals surface area (Å²) in [5.41, 5.74) is 8.19. The molecule has 0 aliphatic carbocycles. The van der Waals surface area contributed by atoms with Crippen LogP contribution < -0.4 is 16.4 Å². The normalized spacial score (nSPS) is 11.5. The number of hydrogen-bond acceptors (Lipinski definition) is 3. The number of amides is 1. The number of aliphatic imine (C=N–C) groups is 1. The first-order valence-electron chi connectivity index (χ1n) is 9.40. The minimum Gasteiger partial charge on any atom is -0.367 e. The van der Waals surface area contributed by atoms with Crippen molar-refractivity contribution in [1.29, 1.82) is 0 Å². The lowest BCUT2D eigenvalue weighted by atomic mass is 10.1. The lowest BCUT2D eigenvalue weighted by Gasteiger charge is -2.12. The van der Waals surface area contributed by atoms with Crippen molar-refractivity contribution in [2.24, 2.45) is 10.7 Å². The summed E-state index contributed by atoms with van der Waals surface area (Å²) < 4.78 is 41.0. The third-order valence-electron chi connectivity index (χ3n) is 3.99. The van der Waals surface area contributed by atoms with Crippen LogP contribution in [0.2, 0.25) is 0 Å². The van der Waals surface area contributed by atoms with E-state index in [-0.39, 0.29) is 30.6 Å². The van der Waals surface area contributed by atoms with Crippen molar-refractivity contribution in [3.05, 3.63) is 70.8 Å². The molecule has 0 saturated carbocycles. The molecule has 2 rings (SSSR count). The van der Waals surface area contributed by atoms with Crippen LogP contribution in [0.25, 0.3) is 0 Å². The van der Waals surface area contributed by atoms with Gasteiger partial charge in [0.2, 0.25) is 5.91 Å². The molecule has 0 spiro atoms. The number of halogens is 4. The van der Waals surface area contributed by atoms with Crippen LogP contribution in [0.15, 0.2) is 53.5 Å². The van der Waals surface area contributed by atoms with E-state index in [0.717, 1.165) is 11.1 Å². The van der Waals surface area contributed by atoms with E-state index in [1.54, 1.807) is 30.3 Å². The van der Waals surface area contributed by atoms with E-state index >= 15 is 0 Å². The van der Waals surface area contributed by atoms with Gasteiger partial charge in [-0.15, -0.1) is 24.0 Å². The molecule has 6 nitrogen and oxygen atoms in total. The van der Waals surface area contributed by atoms with Gasteiger partial charge in [0.25, 0.3) is 0 Å². The summed E-state index contributed by atoms with van der Waals surface area (Å²) >= 11 is 0. The topological polar surface area (TPSA) is 88.7 Å². The summed E-state index contributed by atoms with van der Waals surface area (Å²) in [6.07, 6.45) is -4.33. The Hall–Kier alpha value is -2.34. The maximum absolute atomic E-state index is 12.1. The van der Waals surface area contributed by atoms with Crippen LogP contribution in [0, 0.1) is 0 Å². The number of primary amides is 1. The van der Waals surface area contributed by atoms with Crippen LogP contribution in [0.4, 0.5) is 13.2 Å². The van der Waals surface area contributed by atoms with Crippen molar-refractivity contribution in [3.8, 4) is 0 Å². The van der Waals surface area contributed by atoms with Crippen LogP contribution in [-0.4, -0.2) is 31.2 Å². The summed E-state index contributed by atoms with van der Waals surface area (Å²) in [5, 5.41) is 6.33. The number of carbonyl (C=O) groups excluding carboxylic acids is 1. The van der Waals surface area contributed by atoms with Gasteiger partial charge in [-0.25, -0.2) is 4.99 Å². The van der Waals surface area contributed by atoms with Gasteiger partial charge in [0.05, 0.1) is 13.2 Å². The fourth-order valence-electron chi connectivity index (χ4n) is 2.56. The summed E-state index contributed by atoms with van der Waals surface area (Å²) in [7, 11) is 0. The summed E-state index contributed by atoms with van der Waals surface area (Å²) in [4.78, 5) is 15.8. The van der Waals surface area contributed by atoms with Crippen molar-refractivity contribution in [2.45, 2.75) is 32.8 Å². The zero-order chi connectivity index (χ0) is 22.0. The molecule has 4 N–H and O–H groups in total. The molecule has 31 heavy (non-hydrogen) atoms. The van der Waals surface area contributed by atoms with E-state index in [1.807, 2.05) is 25.1 Å². The van der Waals surface area contributed by atoms with Crippen molar-refractivity contribution >= 4 is 35.8 Å². The Labute approximate surface area is 196 Å². The van der Waals surface area contributed by atoms with Gasteiger partial charge in [0, 0.05) is 18.7 Å². The molecular weight excluding hydrogens is 524 g/mol. The second-order valence-electron chi connectivity index (χ2n) is 6.54. The second-order valence-corrected chi connectivity index (χ2v) is 6.54. The average molecular weight is 550 g/mol. The number of nitrogens with zero attached hydrogens (tertiary/aromatic N) is 1. The highest BCUT2D eigenvalue weighted by molar-refractivity contribution is 14.0. The molecule has 0 atom stereocenters. The summed E-state index contributed by atoms with van der Waals surface area (Å²) in [5.74, 6) is 0.109. The molecule has 0 unspecified atom stereocenters. The molecule has 0 radical (unpaired) electrons. The summed E-state index contributed by atoms with van der Waals surface area (Å²) in [6.45, 7) is 2.11. The average Bonchev–Trinajstić information content (AvgIpc) is 2.70. The Morgan fingerprint density at radius 3 is 2.35 bits per heavy atom. The minimum absolute atomic E-state index is 0. The number of benzene rings is 2.